The van der Waals surface area contributed by atoms with E-state index in [1.807, 2.05) is 60.7 Å². The van der Waals surface area contributed by atoms with Gasteiger partial charge < -0.3 is 4.57 Å². The zero-order valence-corrected chi connectivity index (χ0v) is 30.0. The Labute approximate surface area is 314 Å². The van der Waals surface area contributed by atoms with E-state index < -0.39 is 0 Å². The molecule has 7 aromatic carbocycles. The molecule has 54 heavy (non-hydrogen) atoms. The van der Waals surface area contributed by atoms with Gasteiger partial charge >= 0.3 is 0 Å². The number of rotatable bonds is 5. The first-order valence-corrected chi connectivity index (χ1v) is 18.3. The van der Waals surface area contributed by atoms with Gasteiger partial charge in [0.25, 0.3) is 0 Å². The predicted molar refractivity (Wildman–Crippen MR) is 222 cm³/mol. The average molecular weight is 691 g/mol. The highest BCUT2D eigenvalue weighted by Crippen LogP contribution is 2.53. The molecule has 0 fully saturated rings. The van der Waals surface area contributed by atoms with Crippen LogP contribution in [0.1, 0.15) is 25.0 Å². The van der Waals surface area contributed by atoms with Crippen LogP contribution in [0.15, 0.2) is 170 Å². The van der Waals surface area contributed by atoms with Crippen LogP contribution < -0.4 is 0 Å². The molecule has 4 nitrogen and oxygen atoms in total. The van der Waals surface area contributed by atoms with Crippen LogP contribution in [0.2, 0.25) is 0 Å². The lowest BCUT2D eigenvalue weighted by Crippen LogP contribution is -2.14. The second kappa shape index (κ2) is 12.3. The Morgan fingerprint density at radius 2 is 1.13 bits per heavy atom. The van der Waals surface area contributed by atoms with Crippen LogP contribution in [0.25, 0.3) is 88.5 Å². The van der Waals surface area contributed by atoms with Gasteiger partial charge in [0.15, 0.2) is 11.5 Å². The number of para-hydroxylation sites is 2. The fourth-order valence-electron chi connectivity index (χ4n) is 8.46. The van der Waals surface area contributed by atoms with Crippen LogP contribution in [-0.2, 0) is 5.41 Å². The molecule has 0 atom stereocenters. The van der Waals surface area contributed by atoms with Gasteiger partial charge in [-0.1, -0.05) is 147 Å². The van der Waals surface area contributed by atoms with Crippen LogP contribution in [0.3, 0.4) is 0 Å². The minimum Gasteiger partial charge on any atom is -0.309 e. The molecular formula is C50H34N4. The van der Waals surface area contributed by atoms with Crippen molar-refractivity contribution >= 4 is 27.5 Å². The molecule has 0 aliphatic heterocycles. The van der Waals surface area contributed by atoms with E-state index in [2.05, 4.69) is 132 Å². The largest absolute Gasteiger partial charge is 0.309 e. The van der Waals surface area contributed by atoms with E-state index in [4.69, 9.17) is 16.5 Å². The van der Waals surface area contributed by atoms with Crippen LogP contribution >= 0.6 is 0 Å². The Morgan fingerprint density at radius 3 is 1.85 bits per heavy atom. The lowest BCUT2D eigenvalue weighted by Gasteiger charge is -2.21. The molecule has 2 heterocycles. The molecule has 1 aliphatic carbocycles. The van der Waals surface area contributed by atoms with Gasteiger partial charge in [-0.15, -0.1) is 0 Å². The van der Waals surface area contributed by atoms with Gasteiger partial charge in [-0.3, -0.25) is 0 Å². The van der Waals surface area contributed by atoms with E-state index in [9.17, 15) is 0 Å². The predicted octanol–water partition coefficient (Wildman–Crippen LogP) is 13.1. The highest BCUT2D eigenvalue weighted by atomic mass is 15.0. The maximum atomic E-state index is 8.06. The quantitative estimate of drug-likeness (QED) is 0.169. The Morgan fingerprint density at radius 1 is 0.519 bits per heavy atom. The number of benzene rings is 7. The van der Waals surface area contributed by atoms with Crippen molar-refractivity contribution in [2.24, 2.45) is 0 Å². The van der Waals surface area contributed by atoms with Crippen LogP contribution in [0.4, 0.5) is 5.69 Å². The van der Waals surface area contributed by atoms with E-state index in [-0.39, 0.29) is 5.41 Å². The molecule has 0 saturated carbocycles. The standard InChI is InChI=1S/C50H34N4/c1-50(2)40-23-13-10-21-38(40)47-41(50)26-27-46-48(47)39-22-12-15-25-45(39)54(46)36-29-34(37-20-11-14-24-42(37)51-3)28-35(30-36)49-52-43(32-16-6-4-7-17-32)31-44(53-49)33-18-8-5-9-19-33/h4-31H,1-2H3. The summed E-state index contributed by atoms with van der Waals surface area (Å²) in [5, 5.41) is 2.46. The molecule has 9 aromatic rings. The van der Waals surface area contributed by atoms with Crippen molar-refractivity contribution in [2.45, 2.75) is 19.3 Å². The molecule has 0 amide bonds. The highest BCUT2D eigenvalue weighted by Gasteiger charge is 2.37. The lowest BCUT2D eigenvalue weighted by molar-refractivity contribution is 0.661. The summed E-state index contributed by atoms with van der Waals surface area (Å²) in [6, 6.07) is 59.2. The van der Waals surface area contributed by atoms with Crippen molar-refractivity contribution in [1.29, 1.82) is 0 Å². The number of aromatic nitrogens is 3. The van der Waals surface area contributed by atoms with Gasteiger partial charge in [-0.2, -0.15) is 0 Å². The fraction of sp³-hybridized carbons (Fsp3) is 0.0600. The first-order chi connectivity index (χ1) is 26.5. The topological polar surface area (TPSA) is 35.1 Å². The summed E-state index contributed by atoms with van der Waals surface area (Å²) in [5.74, 6) is 0.621. The van der Waals surface area contributed by atoms with E-state index in [0.29, 0.717) is 11.5 Å². The molecule has 0 saturated heterocycles. The Hall–Kier alpha value is -7.09. The molecule has 0 N–H and O–H groups in total. The molecular weight excluding hydrogens is 657 g/mol. The summed E-state index contributed by atoms with van der Waals surface area (Å²) in [5.41, 5.74) is 15.4. The first-order valence-electron chi connectivity index (χ1n) is 18.3. The molecule has 254 valence electrons. The third kappa shape index (κ3) is 4.90. The van der Waals surface area contributed by atoms with Crippen molar-refractivity contribution < 1.29 is 0 Å². The average Bonchev–Trinajstić information content (AvgIpc) is 3.69. The van der Waals surface area contributed by atoms with Gasteiger partial charge in [0.2, 0.25) is 0 Å². The van der Waals surface area contributed by atoms with Crippen molar-refractivity contribution in [2.75, 3.05) is 0 Å². The zero-order valence-electron chi connectivity index (χ0n) is 30.0. The minimum atomic E-state index is -0.114. The molecule has 0 unspecified atom stereocenters. The Bertz CT molecular complexity index is 2910. The normalized spacial score (nSPS) is 12.8. The van der Waals surface area contributed by atoms with Gasteiger partial charge in [-0.05, 0) is 69.8 Å². The van der Waals surface area contributed by atoms with Gasteiger partial charge in [0.1, 0.15) is 0 Å². The fourth-order valence-corrected chi connectivity index (χ4v) is 8.46. The SMILES string of the molecule is [C-]#[N+]c1ccccc1-c1cc(-c2nc(-c3ccccc3)cc(-c3ccccc3)n2)cc(-n2c3ccccc3c3c4c(ccc32)C(C)(C)c2ccccc2-4)c1. The molecule has 0 spiro atoms. The summed E-state index contributed by atoms with van der Waals surface area (Å²) in [7, 11) is 0. The van der Waals surface area contributed by atoms with Gasteiger partial charge in [-0.25, -0.2) is 14.8 Å². The summed E-state index contributed by atoms with van der Waals surface area (Å²) >= 11 is 0. The molecule has 0 radical (unpaired) electrons. The van der Waals surface area contributed by atoms with Crippen LogP contribution in [0, 0.1) is 6.57 Å². The maximum Gasteiger partial charge on any atom is 0.194 e. The van der Waals surface area contributed by atoms with Crippen LogP contribution in [0.5, 0.6) is 0 Å². The van der Waals surface area contributed by atoms with Crippen molar-refractivity contribution in [3.8, 4) is 61.8 Å². The van der Waals surface area contributed by atoms with E-state index in [0.717, 1.165) is 55.9 Å². The van der Waals surface area contributed by atoms with Crippen molar-refractivity contribution in [3.05, 3.63) is 192 Å². The number of hydrogen-bond donors (Lipinski definition) is 0. The second-order valence-electron chi connectivity index (χ2n) is 14.5. The van der Waals surface area contributed by atoms with Gasteiger partial charge in [0.05, 0.1) is 29.0 Å². The highest BCUT2D eigenvalue weighted by molar-refractivity contribution is 6.18. The van der Waals surface area contributed by atoms with E-state index >= 15 is 0 Å². The second-order valence-corrected chi connectivity index (χ2v) is 14.5. The Balaban J connectivity index is 1.29. The lowest BCUT2D eigenvalue weighted by atomic mass is 9.82. The van der Waals surface area contributed by atoms with E-state index in [1.54, 1.807) is 0 Å². The summed E-state index contributed by atoms with van der Waals surface area (Å²) < 4.78 is 2.38. The Kier molecular flexibility index (Phi) is 7.18. The van der Waals surface area contributed by atoms with Crippen LogP contribution in [-0.4, -0.2) is 14.5 Å². The maximum absolute atomic E-state index is 8.06. The van der Waals surface area contributed by atoms with E-state index in [1.165, 1.54) is 33.0 Å². The summed E-state index contributed by atoms with van der Waals surface area (Å²) in [6.45, 7) is 12.7. The molecule has 4 heteroatoms. The summed E-state index contributed by atoms with van der Waals surface area (Å²) in [4.78, 5) is 14.4. The smallest absolute Gasteiger partial charge is 0.194 e. The third-order valence-electron chi connectivity index (χ3n) is 11.0. The minimum absolute atomic E-state index is 0.114. The molecule has 0 bridgehead atoms. The van der Waals surface area contributed by atoms with Crippen molar-refractivity contribution in [1.82, 2.24) is 14.5 Å². The van der Waals surface area contributed by atoms with Gasteiger partial charge in [0, 0.05) is 38.6 Å². The molecule has 1 aliphatic rings. The number of hydrogen-bond acceptors (Lipinski definition) is 2. The summed E-state index contributed by atoms with van der Waals surface area (Å²) in [6.07, 6.45) is 0. The number of fused-ring (bicyclic) bond motifs is 7. The number of nitrogens with zero attached hydrogens (tertiary/aromatic N) is 4. The molecule has 10 rings (SSSR count). The van der Waals surface area contributed by atoms with Crippen molar-refractivity contribution in [3.63, 3.8) is 0 Å². The molecule has 2 aromatic heterocycles. The zero-order chi connectivity index (χ0) is 36.4. The first kappa shape index (κ1) is 31.6. The monoisotopic (exact) mass is 690 g/mol. The third-order valence-corrected chi connectivity index (χ3v) is 11.0.